The van der Waals surface area contributed by atoms with E-state index in [9.17, 15) is 9.90 Å². The fourth-order valence-electron chi connectivity index (χ4n) is 1.24. The van der Waals surface area contributed by atoms with Crippen LogP contribution in [0.4, 0.5) is 0 Å². The van der Waals surface area contributed by atoms with Crippen molar-refractivity contribution in [3.8, 4) is 0 Å². The zero-order chi connectivity index (χ0) is 8.48. The lowest BCUT2D eigenvalue weighted by atomic mass is 9.87. The summed E-state index contributed by atoms with van der Waals surface area (Å²) in [7, 11) is 0. The topological polar surface area (TPSA) is 37.3 Å². The molecule has 0 aromatic heterocycles. The lowest BCUT2D eigenvalue weighted by molar-refractivity contribution is -0.128. The second-order valence-electron chi connectivity index (χ2n) is 3.50. The molecule has 64 valence electrons. The Labute approximate surface area is 71.4 Å². The van der Waals surface area contributed by atoms with Gasteiger partial charge in [0.25, 0.3) is 0 Å². The molecule has 3 heteroatoms. The summed E-state index contributed by atoms with van der Waals surface area (Å²) in [6, 6.07) is 0. The number of Topliss-reactive ketones (excluding diaryl/α,β-unsaturated/α-hetero) is 1. The van der Waals surface area contributed by atoms with Crippen molar-refractivity contribution in [2.45, 2.75) is 25.9 Å². The molecule has 1 rings (SSSR count). The van der Waals surface area contributed by atoms with Crippen LogP contribution in [-0.4, -0.2) is 28.0 Å². The van der Waals surface area contributed by atoms with E-state index in [-0.39, 0.29) is 11.7 Å². The molecule has 0 aromatic carbocycles. The van der Waals surface area contributed by atoms with E-state index in [0.717, 1.165) is 11.5 Å². The molecule has 2 nitrogen and oxygen atoms in total. The van der Waals surface area contributed by atoms with E-state index in [2.05, 4.69) is 0 Å². The van der Waals surface area contributed by atoms with Crippen LogP contribution in [0.2, 0.25) is 0 Å². The molecule has 0 spiro atoms. The summed E-state index contributed by atoms with van der Waals surface area (Å²) in [5.41, 5.74) is -0.829. The Kier molecular flexibility index (Phi) is 2.60. The van der Waals surface area contributed by atoms with Gasteiger partial charge in [-0.2, -0.15) is 11.8 Å². The number of aliphatic hydroxyl groups is 1. The van der Waals surface area contributed by atoms with E-state index >= 15 is 0 Å². The summed E-state index contributed by atoms with van der Waals surface area (Å²) in [6.45, 7) is 3.42. The van der Waals surface area contributed by atoms with Gasteiger partial charge >= 0.3 is 0 Å². The van der Waals surface area contributed by atoms with Crippen LogP contribution in [-0.2, 0) is 4.79 Å². The van der Waals surface area contributed by atoms with Crippen molar-refractivity contribution in [1.82, 2.24) is 0 Å². The average Bonchev–Trinajstić information content (AvgIpc) is 1.86. The molecule has 0 aliphatic carbocycles. The summed E-state index contributed by atoms with van der Waals surface area (Å²) in [6.07, 6.45) is 0.624. The molecule has 1 unspecified atom stereocenters. The Morgan fingerprint density at radius 2 is 2.27 bits per heavy atom. The van der Waals surface area contributed by atoms with Crippen molar-refractivity contribution in [3.05, 3.63) is 0 Å². The second-order valence-corrected chi connectivity index (χ2v) is 4.65. The lowest BCUT2D eigenvalue weighted by Crippen LogP contribution is -2.40. The molecule has 0 aromatic rings. The maximum atomic E-state index is 11.3. The Balaban J connectivity index is 2.62. The maximum absolute atomic E-state index is 11.3. The SMILES string of the molecule is CC(C)(O)C1CSCCC1=O. The number of carbonyl (C=O) groups is 1. The van der Waals surface area contributed by atoms with E-state index in [1.807, 2.05) is 0 Å². The standard InChI is InChI=1S/C8H14O2S/c1-8(2,10)6-5-11-4-3-7(6)9/h6,10H,3-5H2,1-2H3. The monoisotopic (exact) mass is 174 g/mol. The number of hydrogen-bond donors (Lipinski definition) is 1. The van der Waals surface area contributed by atoms with Crippen molar-refractivity contribution in [2.75, 3.05) is 11.5 Å². The van der Waals surface area contributed by atoms with E-state index < -0.39 is 5.60 Å². The number of carbonyl (C=O) groups excluding carboxylic acids is 1. The molecular formula is C8H14O2S. The van der Waals surface area contributed by atoms with Gasteiger partial charge in [-0.1, -0.05) is 0 Å². The third-order valence-corrected chi connectivity index (χ3v) is 3.08. The van der Waals surface area contributed by atoms with Gasteiger partial charge in [-0.3, -0.25) is 4.79 Å². The molecule has 1 N–H and O–H groups in total. The summed E-state index contributed by atoms with van der Waals surface area (Å²) >= 11 is 1.75. The first kappa shape index (κ1) is 9.07. The first-order valence-electron chi connectivity index (χ1n) is 3.84. The third kappa shape index (κ3) is 2.20. The van der Waals surface area contributed by atoms with Crippen LogP contribution in [0.25, 0.3) is 0 Å². The summed E-state index contributed by atoms with van der Waals surface area (Å²) in [5.74, 6) is 1.77. The fourth-order valence-corrected chi connectivity index (χ4v) is 2.58. The predicted molar refractivity (Wildman–Crippen MR) is 46.7 cm³/mol. The van der Waals surface area contributed by atoms with Crippen LogP contribution in [0.5, 0.6) is 0 Å². The highest BCUT2D eigenvalue weighted by molar-refractivity contribution is 7.99. The smallest absolute Gasteiger partial charge is 0.140 e. The Hall–Kier alpha value is -0.0200. The summed E-state index contributed by atoms with van der Waals surface area (Å²) in [4.78, 5) is 11.3. The Morgan fingerprint density at radius 1 is 1.64 bits per heavy atom. The molecule has 11 heavy (non-hydrogen) atoms. The zero-order valence-corrected chi connectivity index (χ0v) is 7.78. The molecule has 1 atom stereocenters. The summed E-state index contributed by atoms with van der Waals surface area (Å²) < 4.78 is 0. The second kappa shape index (κ2) is 3.15. The number of thioether (sulfide) groups is 1. The van der Waals surface area contributed by atoms with Crippen LogP contribution in [0.1, 0.15) is 20.3 Å². The molecule has 0 bridgehead atoms. The highest BCUT2D eigenvalue weighted by Gasteiger charge is 2.34. The van der Waals surface area contributed by atoms with Crippen molar-refractivity contribution in [2.24, 2.45) is 5.92 Å². The van der Waals surface area contributed by atoms with Gasteiger partial charge in [0.1, 0.15) is 5.78 Å². The molecule has 1 aliphatic heterocycles. The minimum absolute atomic E-state index is 0.152. The van der Waals surface area contributed by atoms with Gasteiger partial charge in [0.2, 0.25) is 0 Å². The van der Waals surface area contributed by atoms with Crippen LogP contribution in [0.15, 0.2) is 0 Å². The maximum Gasteiger partial charge on any atom is 0.140 e. The van der Waals surface area contributed by atoms with Gasteiger partial charge in [0, 0.05) is 17.9 Å². The van der Waals surface area contributed by atoms with Gasteiger partial charge < -0.3 is 5.11 Å². The van der Waals surface area contributed by atoms with Gasteiger partial charge in [0.05, 0.1) is 11.5 Å². The van der Waals surface area contributed by atoms with Gasteiger partial charge in [-0.05, 0) is 13.8 Å². The van der Waals surface area contributed by atoms with Gasteiger partial charge in [0.15, 0.2) is 0 Å². The Bertz CT molecular complexity index is 160. The number of hydrogen-bond acceptors (Lipinski definition) is 3. The van der Waals surface area contributed by atoms with Crippen LogP contribution in [0, 0.1) is 5.92 Å². The molecule has 1 heterocycles. The molecule has 1 fully saturated rings. The quantitative estimate of drug-likeness (QED) is 0.646. The average molecular weight is 174 g/mol. The highest BCUT2D eigenvalue weighted by Crippen LogP contribution is 2.28. The van der Waals surface area contributed by atoms with Gasteiger partial charge in [-0.15, -0.1) is 0 Å². The fraction of sp³-hybridized carbons (Fsp3) is 0.875. The minimum atomic E-state index is -0.829. The number of ketones is 1. The predicted octanol–water partition coefficient (Wildman–Crippen LogP) is 1.08. The molecule has 1 saturated heterocycles. The largest absolute Gasteiger partial charge is 0.390 e. The van der Waals surface area contributed by atoms with Gasteiger partial charge in [-0.25, -0.2) is 0 Å². The van der Waals surface area contributed by atoms with E-state index in [1.54, 1.807) is 25.6 Å². The van der Waals surface area contributed by atoms with Crippen LogP contribution < -0.4 is 0 Å². The molecule has 1 aliphatic rings. The lowest BCUT2D eigenvalue weighted by Gasteiger charge is -2.30. The zero-order valence-electron chi connectivity index (χ0n) is 6.96. The molecule has 0 amide bonds. The van der Waals surface area contributed by atoms with Crippen LogP contribution >= 0.6 is 11.8 Å². The van der Waals surface area contributed by atoms with Crippen molar-refractivity contribution < 1.29 is 9.90 Å². The van der Waals surface area contributed by atoms with E-state index in [1.165, 1.54) is 0 Å². The molecular weight excluding hydrogens is 160 g/mol. The Morgan fingerprint density at radius 3 is 2.64 bits per heavy atom. The summed E-state index contributed by atoms with van der Waals surface area (Å²) in [5, 5.41) is 9.58. The van der Waals surface area contributed by atoms with Crippen molar-refractivity contribution in [1.29, 1.82) is 0 Å². The first-order valence-corrected chi connectivity index (χ1v) is 5.00. The van der Waals surface area contributed by atoms with E-state index in [4.69, 9.17) is 0 Å². The number of rotatable bonds is 1. The molecule has 0 radical (unpaired) electrons. The normalized spacial score (nSPS) is 27.2. The van der Waals surface area contributed by atoms with Crippen molar-refractivity contribution >= 4 is 17.5 Å². The van der Waals surface area contributed by atoms with Crippen molar-refractivity contribution in [3.63, 3.8) is 0 Å². The first-order chi connectivity index (χ1) is 5.02. The molecule has 0 saturated carbocycles. The highest BCUT2D eigenvalue weighted by atomic mass is 32.2. The van der Waals surface area contributed by atoms with E-state index in [0.29, 0.717) is 6.42 Å². The third-order valence-electron chi connectivity index (χ3n) is 2.02. The minimum Gasteiger partial charge on any atom is -0.390 e. The van der Waals surface area contributed by atoms with Crippen LogP contribution in [0.3, 0.4) is 0 Å².